The number of hydrogen-bond donors (Lipinski definition) is 1. The molecule has 0 aliphatic heterocycles. The summed E-state index contributed by atoms with van der Waals surface area (Å²) in [4.78, 5) is 0. The van der Waals surface area contributed by atoms with Crippen LogP contribution in [0.15, 0.2) is 46.9 Å². The second-order valence-electron chi connectivity index (χ2n) is 3.88. The third-order valence-corrected chi connectivity index (χ3v) is 3.26. The molecule has 16 heavy (non-hydrogen) atoms. The van der Waals surface area contributed by atoms with Gasteiger partial charge in [0.05, 0.1) is 0 Å². The number of aryl methyl sites for hydroxylation is 1. The van der Waals surface area contributed by atoms with Gasteiger partial charge >= 0.3 is 0 Å². The smallest absolute Gasteiger partial charge is 0.0416 e. The van der Waals surface area contributed by atoms with E-state index in [4.69, 9.17) is 0 Å². The van der Waals surface area contributed by atoms with Gasteiger partial charge in [-0.05, 0) is 55.3 Å². The van der Waals surface area contributed by atoms with Crippen LogP contribution in [0, 0.1) is 13.8 Å². The number of halogens is 1. The molecule has 0 aliphatic rings. The molecule has 0 aliphatic carbocycles. The first-order valence-electron chi connectivity index (χ1n) is 5.25. The fraction of sp³-hybridized carbons (Fsp3) is 0.143. The summed E-state index contributed by atoms with van der Waals surface area (Å²) in [7, 11) is 0. The van der Waals surface area contributed by atoms with Crippen molar-refractivity contribution in [1.82, 2.24) is 0 Å². The summed E-state index contributed by atoms with van der Waals surface area (Å²) in [6, 6.07) is 14.5. The topological polar surface area (TPSA) is 12.0 Å². The van der Waals surface area contributed by atoms with Crippen LogP contribution in [0.5, 0.6) is 0 Å². The van der Waals surface area contributed by atoms with Gasteiger partial charge in [-0.2, -0.15) is 0 Å². The molecule has 0 spiro atoms. The van der Waals surface area contributed by atoms with Crippen LogP contribution in [-0.2, 0) is 0 Å². The van der Waals surface area contributed by atoms with Crippen LogP contribution in [0.1, 0.15) is 11.1 Å². The highest BCUT2D eigenvalue weighted by atomic mass is 79.9. The molecule has 0 atom stereocenters. The molecule has 2 aromatic rings. The number of nitrogens with one attached hydrogen (secondary N) is 1. The van der Waals surface area contributed by atoms with Crippen molar-refractivity contribution in [2.75, 3.05) is 5.32 Å². The Morgan fingerprint density at radius 2 is 1.62 bits per heavy atom. The minimum atomic E-state index is 1.10. The van der Waals surface area contributed by atoms with Crippen LogP contribution in [0.3, 0.4) is 0 Å². The lowest BCUT2D eigenvalue weighted by atomic mass is 10.1. The molecule has 0 fully saturated rings. The van der Waals surface area contributed by atoms with Crippen molar-refractivity contribution in [3.8, 4) is 0 Å². The van der Waals surface area contributed by atoms with Crippen LogP contribution in [0.4, 0.5) is 11.4 Å². The Morgan fingerprint density at radius 3 is 2.31 bits per heavy atom. The zero-order valence-electron chi connectivity index (χ0n) is 9.42. The lowest BCUT2D eigenvalue weighted by Crippen LogP contribution is -1.94. The van der Waals surface area contributed by atoms with Crippen molar-refractivity contribution in [2.24, 2.45) is 0 Å². The van der Waals surface area contributed by atoms with E-state index < -0.39 is 0 Å². The highest BCUT2D eigenvalue weighted by molar-refractivity contribution is 9.10. The van der Waals surface area contributed by atoms with Gasteiger partial charge < -0.3 is 5.32 Å². The number of anilines is 2. The highest BCUT2D eigenvalue weighted by Crippen LogP contribution is 2.23. The monoisotopic (exact) mass is 275 g/mol. The Balaban J connectivity index is 2.27. The van der Waals surface area contributed by atoms with Gasteiger partial charge in [0.1, 0.15) is 0 Å². The van der Waals surface area contributed by atoms with Crippen molar-refractivity contribution in [1.29, 1.82) is 0 Å². The molecular weight excluding hydrogens is 262 g/mol. The van der Waals surface area contributed by atoms with Crippen molar-refractivity contribution in [2.45, 2.75) is 13.8 Å². The predicted octanol–water partition coefficient (Wildman–Crippen LogP) is 4.81. The van der Waals surface area contributed by atoms with Gasteiger partial charge in [-0.15, -0.1) is 0 Å². The van der Waals surface area contributed by atoms with Crippen molar-refractivity contribution in [3.63, 3.8) is 0 Å². The number of hydrogen-bond acceptors (Lipinski definition) is 1. The number of rotatable bonds is 2. The molecule has 82 valence electrons. The standard InChI is InChI=1S/C14H14BrN/c1-10-4-3-5-14(11(10)2)16-13-8-6-12(15)7-9-13/h3-9,16H,1-2H3. The van der Waals surface area contributed by atoms with Gasteiger partial charge in [0.25, 0.3) is 0 Å². The van der Waals surface area contributed by atoms with E-state index in [9.17, 15) is 0 Å². The van der Waals surface area contributed by atoms with Crippen LogP contribution in [0.2, 0.25) is 0 Å². The normalized spacial score (nSPS) is 10.2. The maximum Gasteiger partial charge on any atom is 0.0416 e. The molecular formula is C14H14BrN. The third-order valence-electron chi connectivity index (χ3n) is 2.73. The average molecular weight is 276 g/mol. The molecule has 0 bridgehead atoms. The fourth-order valence-electron chi connectivity index (χ4n) is 1.58. The molecule has 0 heterocycles. The van der Waals surface area contributed by atoms with Gasteiger partial charge in [0.2, 0.25) is 0 Å². The highest BCUT2D eigenvalue weighted by Gasteiger charge is 2.00. The van der Waals surface area contributed by atoms with E-state index in [0.29, 0.717) is 0 Å². The molecule has 2 aromatic carbocycles. The Labute approximate surface area is 105 Å². The molecule has 0 amide bonds. The molecule has 0 saturated heterocycles. The van der Waals surface area contributed by atoms with Gasteiger partial charge in [-0.1, -0.05) is 28.1 Å². The third kappa shape index (κ3) is 2.45. The summed E-state index contributed by atoms with van der Waals surface area (Å²) in [6.45, 7) is 4.26. The molecule has 2 rings (SSSR count). The van der Waals surface area contributed by atoms with E-state index in [1.54, 1.807) is 0 Å². The zero-order chi connectivity index (χ0) is 11.5. The van der Waals surface area contributed by atoms with Crippen molar-refractivity contribution < 1.29 is 0 Å². The van der Waals surface area contributed by atoms with Crippen LogP contribution >= 0.6 is 15.9 Å². The summed E-state index contributed by atoms with van der Waals surface area (Å²) in [5.74, 6) is 0. The average Bonchev–Trinajstić information content (AvgIpc) is 2.28. The largest absolute Gasteiger partial charge is 0.355 e. The quantitative estimate of drug-likeness (QED) is 0.830. The van der Waals surface area contributed by atoms with Gasteiger partial charge in [0, 0.05) is 15.8 Å². The first kappa shape index (κ1) is 11.2. The molecule has 0 saturated carbocycles. The first-order chi connectivity index (χ1) is 7.66. The minimum Gasteiger partial charge on any atom is -0.355 e. The molecule has 1 nitrogen and oxygen atoms in total. The maximum absolute atomic E-state index is 3.43. The van der Waals surface area contributed by atoms with Crippen LogP contribution in [-0.4, -0.2) is 0 Å². The Morgan fingerprint density at radius 1 is 0.938 bits per heavy atom. The van der Waals surface area contributed by atoms with E-state index in [0.717, 1.165) is 10.2 Å². The summed E-state index contributed by atoms with van der Waals surface area (Å²) in [6.07, 6.45) is 0. The summed E-state index contributed by atoms with van der Waals surface area (Å²) in [5.41, 5.74) is 4.88. The van der Waals surface area contributed by atoms with E-state index in [1.807, 2.05) is 12.1 Å². The minimum absolute atomic E-state index is 1.10. The SMILES string of the molecule is Cc1cccc(Nc2ccc(Br)cc2)c1C. The summed E-state index contributed by atoms with van der Waals surface area (Å²) in [5, 5.41) is 3.42. The fourth-order valence-corrected chi connectivity index (χ4v) is 1.84. The lowest BCUT2D eigenvalue weighted by molar-refractivity contribution is 1.33. The lowest BCUT2D eigenvalue weighted by Gasteiger charge is -2.11. The van der Waals surface area contributed by atoms with Crippen molar-refractivity contribution >= 4 is 27.3 Å². The van der Waals surface area contributed by atoms with E-state index >= 15 is 0 Å². The van der Waals surface area contributed by atoms with Gasteiger partial charge in [-0.25, -0.2) is 0 Å². The van der Waals surface area contributed by atoms with Crippen molar-refractivity contribution in [3.05, 3.63) is 58.1 Å². The van der Waals surface area contributed by atoms with E-state index in [-0.39, 0.29) is 0 Å². The molecule has 0 radical (unpaired) electrons. The zero-order valence-corrected chi connectivity index (χ0v) is 11.0. The predicted molar refractivity (Wildman–Crippen MR) is 73.3 cm³/mol. The first-order valence-corrected chi connectivity index (χ1v) is 6.05. The summed E-state index contributed by atoms with van der Waals surface area (Å²) < 4.78 is 1.10. The molecule has 0 unspecified atom stereocenters. The second kappa shape index (κ2) is 4.71. The van der Waals surface area contributed by atoms with E-state index in [1.165, 1.54) is 16.8 Å². The maximum atomic E-state index is 3.43. The second-order valence-corrected chi connectivity index (χ2v) is 4.80. The number of benzene rings is 2. The van der Waals surface area contributed by atoms with Crippen LogP contribution in [0.25, 0.3) is 0 Å². The molecule has 1 N–H and O–H groups in total. The van der Waals surface area contributed by atoms with Gasteiger partial charge in [0.15, 0.2) is 0 Å². The van der Waals surface area contributed by atoms with E-state index in [2.05, 4.69) is 65.4 Å². The summed E-state index contributed by atoms with van der Waals surface area (Å²) >= 11 is 3.43. The Hall–Kier alpha value is -1.28. The molecule has 2 heteroatoms. The van der Waals surface area contributed by atoms with Gasteiger partial charge in [-0.3, -0.25) is 0 Å². The Kier molecular flexibility index (Phi) is 3.30. The van der Waals surface area contributed by atoms with Crippen LogP contribution < -0.4 is 5.32 Å². The molecule has 0 aromatic heterocycles. The Bertz CT molecular complexity index is 489.